The molecule has 0 spiro atoms. The molecule has 2 heterocycles. The minimum atomic E-state index is 0.641. The number of aromatic amines is 1. The largest absolute Gasteiger partial charge is 0.278 e. The summed E-state index contributed by atoms with van der Waals surface area (Å²) in [4.78, 5) is 0. The van der Waals surface area contributed by atoms with E-state index in [1.54, 1.807) is 18.5 Å². The molecule has 0 atom stereocenters. The molecule has 4 aromatic rings. The van der Waals surface area contributed by atoms with Gasteiger partial charge in [-0.25, -0.2) is 4.68 Å². The summed E-state index contributed by atoms with van der Waals surface area (Å²) in [7, 11) is 0. The molecule has 0 saturated heterocycles. The Hall–Kier alpha value is -3.13. The van der Waals surface area contributed by atoms with Crippen molar-refractivity contribution >= 4 is 21.8 Å². The van der Waals surface area contributed by atoms with Gasteiger partial charge in [0.15, 0.2) is 0 Å². The third-order valence-electron chi connectivity index (χ3n) is 3.37. The summed E-state index contributed by atoms with van der Waals surface area (Å²) >= 11 is 0. The number of nitrogens with zero attached hydrogens (tertiary/aromatic N) is 4. The van der Waals surface area contributed by atoms with E-state index < -0.39 is 0 Å². The average Bonchev–Trinajstić information content (AvgIpc) is 3.11. The van der Waals surface area contributed by atoms with Crippen LogP contribution in [0.1, 0.15) is 5.56 Å². The standard InChI is InChI=1S/C15H9N5/c16-7-10-1-4-15-12(5-10)9-18-20(15)13-2-3-14-11(6-13)8-17-19-14/h1-6,8-9H,(H,17,19). The van der Waals surface area contributed by atoms with Crippen molar-refractivity contribution in [3.8, 4) is 11.8 Å². The topological polar surface area (TPSA) is 70.3 Å². The van der Waals surface area contributed by atoms with Crippen LogP contribution < -0.4 is 0 Å². The van der Waals surface area contributed by atoms with Crippen LogP contribution in [0.25, 0.3) is 27.5 Å². The van der Waals surface area contributed by atoms with Crippen LogP contribution in [0.5, 0.6) is 0 Å². The van der Waals surface area contributed by atoms with Crippen molar-refractivity contribution in [2.75, 3.05) is 0 Å². The second kappa shape index (κ2) is 3.93. The quantitative estimate of drug-likeness (QED) is 0.571. The molecule has 0 aliphatic carbocycles. The van der Waals surface area contributed by atoms with Crippen molar-refractivity contribution in [3.05, 3.63) is 54.4 Å². The fourth-order valence-electron chi connectivity index (χ4n) is 2.37. The summed E-state index contributed by atoms with van der Waals surface area (Å²) < 4.78 is 1.86. The molecule has 2 aromatic heterocycles. The smallest absolute Gasteiger partial charge is 0.0991 e. The van der Waals surface area contributed by atoms with Crippen molar-refractivity contribution in [2.24, 2.45) is 0 Å². The molecule has 0 aliphatic heterocycles. The molecule has 20 heavy (non-hydrogen) atoms. The van der Waals surface area contributed by atoms with Gasteiger partial charge in [-0.05, 0) is 36.4 Å². The van der Waals surface area contributed by atoms with Crippen molar-refractivity contribution in [1.82, 2.24) is 20.0 Å². The van der Waals surface area contributed by atoms with Gasteiger partial charge >= 0.3 is 0 Å². The molecule has 0 unspecified atom stereocenters. The second-order valence-corrected chi connectivity index (χ2v) is 4.58. The Balaban J connectivity index is 1.95. The molecule has 0 fully saturated rings. The number of nitriles is 1. The van der Waals surface area contributed by atoms with E-state index in [1.165, 1.54) is 0 Å². The molecule has 2 aromatic carbocycles. The van der Waals surface area contributed by atoms with E-state index in [0.717, 1.165) is 27.5 Å². The highest BCUT2D eigenvalue weighted by Gasteiger charge is 2.06. The third kappa shape index (κ3) is 1.49. The minimum absolute atomic E-state index is 0.641. The first-order valence-electron chi connectivity index (χ1n) is 6.16. The molecule has 0 amide bonds. The van der Waals surface area contributed by atoms with Crippen molar-refractivity contribution in [2.45, 2.75) is 0 Å². The first-order valence-corrected chi connectivity index (χ1v) is 6.16. The van der Waals surface area contributed by atoms with Crippen LogP contribution in [0.15, 0.2) is 48.8 Å². The molecule has 4 rings (SSSR count). The number of hydrogen-bond donors (Lipinski definition) is 1. The molecular formula is C15H9N5. The lowest BCUT2D eigenvalue weighted by molar-refractivity contribution is 0.912. The normalized spacial score (nSPS) is 10.9. The van der Waals surface area contributed by atoms with Crippen LogP contribution in [0, 0.1) is 11.3 Å². The summed E-state index contributed by atoms with van der Waals surface area (Å²) in [6.07, 6.45) is 3.56. The van der Waals surface area contributed by atoms with E-state index in [-0.39, 0.29) is 0 Å². The van der Waals surface area contributed by atoms with E-state index in [2.05, 4.69) is 21.4 Å². The van der Waals surface area contributed by atoms with E-state index in [1.807, 2.05) is 35.0 Å². The number of nitrogens with one attached hydrogen (secondary N) is 1. The highest BCUT2D eigenvalue weighted by atomic mass is 15.3. The zero-order valence-corrected chi connectivity index (χ0v) is 10.4. The summed E-state index contributed by atoms with van der Waals surface area (Å²) in [6.45, 7) is 0. The Morgan fingerprint density at radius 2 is 2.00 bits per heavy atom. The van der Waals surface area contributed by atoms with Gasteiger partial charge in [0.25, 0.3) is 0 Å². The van der Waals surface area contributed by atoms with Gasteiger partial charge < -0.3 is 0 Å². The van der Waals surface area contributed by atoms with Gasteiger partial charge in [0, 0.05) is 10.8 Å². The van der Waals surface area contributed by atoms with E-state index in [4.69, 9.17) is 5.26 Å². The van der Waals surface area contributed by atoms with Gasteiger partial charge in [-0.3, -0.25) is 5.10 Å². The van der Waals surface area contributed by atoms with Gasteiger partial charge in [-0.15, -0.1) is 0 Å². The molecule has 94 valence electrons. The Kier molecular flexibility index (Phi) is 2.12. The van der Waals surface area contributed by atoms with Crippen LogP contribution in [-0.2, 0) is 0 Å². The van der Waals surface area contributed by atoms with Crippen LogP contribution in [-0.4, -0.2) is 20.0 Å². The highest BCUT2D eigenvalue weighted by Crippen LogP contribution is 2.22. The first kappa shape index (κ1) is 10.8. The van der Waals surface area contributed by atoms with E-state index in [0.29, 0.717) is 5.56 Å². The number of benzene rings is 2. The molecule has 0 radical (unpaired) electrons. The van der Waals surface area contributed by atoms with Crippen molar-refractivity contribution < 1.29 is 0 Å². The SMILES string of the molecule is N#Cc1ccc2c(cnn2-c2ccc3[nH]ncc3c2)c1. The lowest BCUT2D eigenvalue weighted by Crippen LogP contribution is -1.95. The van der Waals surface area contributed by atoms with Gasteiger partial charge in [0.2, 0.25) is 0 Å². The molecule has 5 nitrogen and oxygen atoms in total. The van der Waals surface area contributed by atoms with Crippen molar-refractivity contribution in [3.63, 3.8) is 0 Å². The van der Waals surface area contributed by atoms with Crippen LogP contribution in [0.2, 0.25) is 0 Å². The van der Waals surface area contributed by atoms with E-state index >= 15 is 0 Å². The lowest BCUT2D eigenvalue weighted by Gasteiger charge is -2.03. The second-order valence-electron chi connectivity index (χ2n) is 4.58. The van der Waals surface area contributed by atoms with Gasteiger partial charge in [-0.2, -0.15) is 15.5 Å². The third-order valence-corrected chi connectivity index (χ3v) is 3.37. The van der Waals surface area contributed by atoms with Crippen LogP contribution in [0.4, 0.5) is 0 Å². The number of rotatable bonds is 1. The maximum absolute atomic E-state index is 8.93. The van der Waals surface area contributed by atoms with Gasteiger partial charge in [0.1, 0.15) is 0 Å². The Morgan fingerprint density at radius 3 is 2.90 bits per heavy atom. The fourth-order valence-corrected chi connectivity index (χ4v) is 2.37. The highest BCUT2D eigenvalue weighted by molar-refractivity contribution is 5.84. The Bertz CT molecular complexity index is 971. The van der Waals surface area contributed by atoms with E-state index in [9.17, 15) is 0 Å². The van der Waals surface area contributed by atoms with Gasteiger partial charge in [-0.1, -0.05) is 0 Å². The molecule has 0 saturated carbocycles. The maximum Gasteiger partial charge on any atom is 0.0991 e. The summed E-state index contributed by atoms with van der Waals surface area (Å²) in [5, 5.41) is 22.3. The molecule has 0 bridgehead atoms. The number of H-pyrrole nitrogens is 1. The molecule has 1 N–H and O–H groups in total. The number of aromatic nitrogens is 4. The predicted molar refractivity (Wildman–Crippen MR) is 75.4 cm³/mol. The first-order chi connectivity index (χ1) is 9.85. The molecule has 5 heteroatoms. The Labute approximate surface area is 114 Å². The van der Waals surface area contributed by atoms with Crippen LogP contribution in [0.3, 0.4) is 0 Å². The minimum Gasteiger partial charge on any atom is -0.278 e. The number of fused-ring (bicyclic) bond motifs is 2. The average molecular weight is 259 g/mol. The predicted octanol–water partition coefficient (Wildman–Crippen LogP) is 2.77. The van der Waals surface area contributed by atoms with Gasteiger partial charge in [0.05, 0.1) is 40.7 Å². The molecule has 0 aliphatic rings. The summed E-state index contributed by atoms with van der Waals surface area (Å²) in [5.41, 5.74) is 3.59. The van der Waals surface area contributed by atoms with Crippen molar-refractivity contribution in [1.29, 1.82) is 5.26 Å². The maximum atomic E-state index is 8.93. The summed E-state index contributed by atoms with van der Waals surface area (Å²) in [6, 6.07) is 13.7. The lowest BCUT2D eigenvalue weighted by atomic mass is 10.2. The zero-order valence-electron chi connectivity index (χ0n) is 10.4. The Morgan fingerprint density at radius 1 is 1.05 bits per heavy atom. The van der Waals surface area contributed by atoms with Crippen LogP contribution >= 0.6 is 0 Å². The fraction of sp³-hybridized carbons (Fsp3) is 0. The summed E-state index contributed by atoms with van der Waals surface area (Å²) in [5.74, 6) is 0. The molecular weight excluding hydrogens is 250 g/mol. The zero-order chi connectivity index (χ0) is 13.5. The monoisotopic (exact) mass is 259 g/mol. The number of hydrogen-bond acceptors (Lipinski definition) is 3.